The molecule has 2 heterocycles. The van der Waals surface area contributed by atoms with E-state index in [0.717, 1.165) is 18.7 Å². The fourth-order valence-corrected chi connectivity index (χ4v) is 1.82. The number of aliphatic hydroxyl groups excluding tert-OH is 1. The van der Waals surface area contributed by atoms with Gasteiger partial charge in [0.15, 0.2) is 0 Å². The third kappa shape index (κ3) is 2.11. The minimum Gasteiger partial charge on any atom is -0.469 e. The second kappa shape index (κ2) is 3.94. The van der Waals surface area contributed by atoms with Crippen LogP contribution in [-0.2, 0) is 6.42 Å². The second-order valence-corrected chi connectivity index (χ2v) is 3.55. The normalized spacial score (nSPS) is 24.8. The SMILES string of the molecule is OC(Cc1ccco1)[C@H]1CCCN1. The van der Waals surface area contributed by atoms with Gasteiger partial charge in [0.1, 0.15) is 5.76 Å². The van der Waals surface area contributed by atoms with Crippen LogP contribution in [0.4, 0.5) is 0 Å². The Balaban J connectivity index is 1.87. The van der Waals surface area contributed by atoms with Gasteiger partial charge in [0, 0.05) is 12.5 Å². The molecule has 2 N–H and O–H groups in total. The highest BCUT2D eigenvalue weighted by Crippen LogP contribution is 2.13. The van der Waals surface area contributed by atoms with E-state index in [-0.39, 0.29) is 12.1 Å². The summed E-state index contributed by atoms with van der Waals surface area (Å²) in [6.45, 7) is 1.03. The molecule has 1 saturated heterocycles. The summed E-state index contributed by atoms with van der Waals surface area (Å²) in [5.74, 6) is 0.862. The second-order valence-electron chi connectivity index (χ2n) is 3.55. The van der Waals surface area contributed by atoms with Crippen molar-refractivity contribution in [2.75, 3.05) is 6.54 Å². The number of hydrogen-bond acceptors (Lipinski definition) is 3. The molecule has 0 aliphatic carbocycles. The summed E-state index contributed by atoms with van der Waals surface area (Å²) in [4.78, 5) is 0. The average molecular weight is 181 g/mol. The van der Waals surface area contributed by atoms with E-state index in [1.165, 1.54) is 6.42 Å². The van der Waals surface area contributed by atoms with E-state index in [9.17, 15) is 5.11 Å². The Morgan fingerprint density at radius 1 is 1.69 bits per heavy atom. The Labute approximate surface area is 77.8 Å². The predicted octanol–water partition coefficient (Wildman–Crippen LogP) is 0.935. The Hall–Kier alpha value is -0.800. The minimum atomic E-state index is -0.311. The van der Waals surface area contributed by atoms with Crippen molar-refractivity contribution < 1.29 is 9.52 Å². The smallest absolute Gasteiger partial charge is 0.106 e. The fraction of sp³-hybridized carbons (Fsp3) is 0.600. The first kappa shape index (κ1) is 8.78. The number of hydrogen-bond donors (Lipinski definition) is 2. The van der Waals surface area contributed by atoms with Gasteiger partial charge >= 0.3 is 0 Å². The highest BCUT2D eigenvalue weighted by Gasteiger charge is 2.23. The molecule has 0 radical (unpaired) electrons. The molecule has 72 valence electrons. The highest BCUT2D eigenvalue weighted by molar-refractivity contribution is 5.01. The number of rotatable bonds is 3. The molecule has 1 aliphatic heterocycles. The zero-order chi connectivity index (χ0) is 9.10. The standard InChI is InChI=1S/C10H15NO2/c12-10(9-4-1-5-11-9)7-8-3-2-6-13-8/h2-3,6,9-12H,1,4-5,7H2/t9-,10?/m1/s1. The maximum atomic E-state index is 9.80. The summed E-state index contributed by atoms with van der Waals surface area (Å²) < 4.78 is 5.18. The van der Waals surface area contributed by atoms with Crippen LogP contribution in [0, 0.1) is 0 Å². The van der Waals surface area contributed by atoms with Crippen molar-refractivity contribution in [3.05, 3.63) is 24.2 Å². The predicted molar refractivity (Wildman–Crippen MR) is 49.4 cm³/mol. The van der Waals surface area contributed by atoms with Crippen molar-refractivity contribution in [2.45, 2.75) is 31.4 Å². The lowest BCUT2D eigenvalue weighted by atomic mass is 10.1. The maximum absolute atomic E-state index is 9.80. The summed E-state index contributed by atoms with van der Waals surface area (Å²) in [6, 6.07) is 4.01. The van der Waals surface area contributed by atoms with Gasteiger partial charge in [-0.2, -0.15) is 0 Å². The van der Waals surface area contributed by atoms with Crippen molar-refractivity contribution in [3.63, 3.8) is 0 Å². The molecular weight excluding hydrogens is 166 g/mol. The van der Waals surface area contributed by atoms with Gasteiger partial charge < -0.3 is 14.8 Å². The Bertz CT molecular complexity index is 239. The van der Waals surface area contributed by atoms with Crippen LogP contribution >= 0.6 is 0 Å². The Morgan fingerprint density at radius 3 is 3.23 bits per heavy atom. The third-order valence-corrected chi connectivity index (χ3v) is 2.55. The van der Waals surface area contributed by atoms with E-state index in [2.05, 4.69) is 5.32 Å². The Kier molecular flexibility index (Phi) is 2.66. The van der Waals surface area contributed by atoms with Crippen LogP contribution in [0.25, 0.3) is 0 Å². The molecule has 0 bridgehead atoms. The molecule has 0 aromatic carbocycles. The number of nitrogens with one attached hydrogen (secondary N) is 1. The molecule has 1 fully saturated rings. The van der Waals surface area contributed by atoms with Crippen molar-refractivity contribution in [3.8, 4) is 0 Å². The fourth-order valence-electron chi connectivity index (χ4n) is 1.82. The molecule has 0 spiro atoms. The van der Waals surface area contributed by atoms with E-state index in [0.29, 0.717) is 6.42 Å². The highest BCUT2D eigenvalue weighted by atomic mass is 16.3. The van der Waals surface area contributed by atoms with Gasteiger partial charge in [-0.05, 0) is 31.5 Å². The van der Waals surface area contributed by atoms with E-state index in [1.807, 2.05) is 12.1 Å². The van der Waals surface area contributed by atoms with E-state index >= 15 is 0 Å². The molecule has 1 aromatic rings. The molecule has 1 aromatic heterocycles. The molecule has 3 heteroatoms. The van der Waals surface area contributed by atoms with Crippen molar-refractivity contribution in [1.82, 2.24) is 5.32 Å². The third-order valence-electron chi connectivity index (χ3n) is 2.55. The Morgan fingerprint density at radius 2 is 2.62 bits per heavy atom. The molecule has 1 unspecified atom stereocenters. The molecule has 2 rings (SSSR count). The molecule has 2 atom stereocenters. The van der Waals surface area contributed by atoms with Gasteiger partial charge in [-0.1, -0.05) is 0 Å². The van der Waals surface area contributed by atoms with E-state index in [1.54, 1.807) is 6.26 Å². The van der Waals surface area contributed by atoms with Gasteiger partial charge in [-0.25, -0.2) is 0 Å². The zero-order valence-electron chi connectivity index (χ0n) is 7.57. The molecule has 1 aliphatic rings. The van der Waals surface area contributed by atoms with Crippen LogP contribution in [0.3, 0.4) is 0 Å². The molecule has 0 saturated carbocycles. The van der Waals surface area contributed by atoms with Gasteiger partial charge in [0.2, 0.25) is 0 Å². The summed E-state index contributed by atoms with van der Waals surface area (Å²) in [7, 11) is 0. The van der Waals surface area contributed by atoms with Crippen LogP contribution < -0.4 is 5.32 Å². The molecule has 0 amide bonds. The lowest BCUT2D eigenvalue weighted by Gasteiger charge is -2.16. The van der Waals surface area contributed by atoms with E-state index in [4.69, 9.17) is 4.42 Å². The summed E-state index contributed by atoms with van der Waals surface area (Å²) in [5, 5.41) is 13.1. The van der Waals surface area contributed by atoms with Crippen LogP contribution in [-0.4, -0.2) is 23.8 Å². The topological polar surface area (TPSA) is 45.4 Å². The monoisotopic (exact) mass is 181 g/mol. The van der Waals surface area contributed by atoms with Crippen LogP contribution in [0.2, 0.25) is 0 Å². The largest absolute Gasteiger partial charge is 0.469 e. The maximum Gasteiger partial charge on any atom is 0.106 e. The first-order valence-corrected chi connectivity index (χ1v) is 4.80. The van der Waals surface area contributed by atoms with Crippen LogP contribution in [0.5, 0.6) is 0 Å². The van der Waals surface area contributed by atoms with Crippen molar-refractivity contribution >= 4 is 0 Å². The lowest BCUT2D eigenvalue weighted by molar-refractivity contribution is 0.130. The molecule has 3 nitrogen and oxygen atoms in total. The van der Waals surface area contributed by atoms with Crippen LogP contribution in [0.15, 0.2) is 22.8 Å². The molecule has 13 heavy (non-hydrogen) atoms. The van der Waals surface area contributed by atoms with Crippen molar-refractivity contribution in [2.24, 2.45) is 0 Å². The number of aliphatic hydroxyl groups is 1. The minimum absolute atomic E-state index is 0.255. The van der Waals surface area contributed by atoms with Gasteiger partial charge in [-0.15, -0.1) is 0 Å². The lowest BCUT2D eigenvalue weighted by Crippen LogP contribution is -2.35. The quantitative estimate of drug-likeness (QED) is 0.729. The first-order valence-electron chi connectivity index (χ1n) is 4.80. The number of furan rings is 1. The molecular formula is C10H15NO2. The summed E-state index contributed by atoms with van der Waals surface area (Å²) in [5.41, 5.74) is 0. The van der Waals surface area contributed by atoms with Crippen molar-refractivity contribution in [1.29, 1.82) is 0 Å². The average Bonchev–Trinajstić information content (AvgIpc) is 2.74. The summed E-state index contributed by atoms with van der Waals surface area (Å²) in [6.07, 6.45) is 4.19. The zero-order valence-corrected chi connectivity index (χ0v) is 7.57. The van der Waals surface area contributed by atoms with Gasteiger partial charge in [-0.3, -0.25) is 0 Å². The van der Waals surface area contributed by atoms with Crippen LogP contribution in [0.1, 0.15) is 18.6 Å². The van der Waals surface area contributed by atoms with E-state index < -0.39 is 0 Å². The summed E-state index contributed by atoms with van der Waals surface area (Å²) >= 11 is 0. The first-order chi connectivity index (χ1) is 6.36. The van der Waals surface area contributed by atoms with Gasteiger partial charge in [0.25, 0.3) is 0 Å². The van der Waals surface area contributed by atoms with Gasteiger partial charge in [0.05, 0.1) is 12.4 Å².